The molecule has 0 saturated heterocycles. The summed E-state index contributed by atoms with van der Waals surface area (Å²) in [6.45, 7) is 2.22. The van der Waals surface area contributed by atoms with Gasteiger partial charge in [0, 0.05) is 15.6 Å². The smallest absolute Gasteiger partial charge is 0.129 e. The Balaban J connectivity index is 2.30. The zero-order valence-corrected chi connectivity index (χ0v) is 10.3. The summed E-state index contributed by atoms with van der Waals surface area (Å²) in [5.74, 6) is 0.309. The Bertz CT molecular complexity index is 522. The number of nitrogens with two attached hydrogens (primary N) is 1. The molecule has 0 aliphatic rings. The number of nitrogen functional groups attached to an aromatic ring is 1. The van der Waals surface area contributed by atoms with Gasteiger partial charge in [0.15, 0.2) is 0 Å². The second kappa shape index (κ2) is 4.25. The maximum atomic E-state index is 13.6. The molecule has 0 fully saturated rings. The minimum absolute atomic E-state index is 0.262. The third kappa shape index (κ3) is 2.09. The van der Waals surface area contributed by atoms with Gasteiger partial charge in [-0.25, -0.2) is 9.07 Å². The number of hydrogen-bond acceptors (Lipinski definition) is 2. The van der Waals surface area contributed by atoms with Crippen LogP contribution in [0.25, 0.3) is 0 Å². The van der Waals surface area contributed by atoms with Gasteiger partial charge in [-0.3, -0.25) is 0 Å². The zero-order chi connectivity index (χ0) is 11.7. The van der Waals surface area contributed by atoms with Crippen LogP contribution in [-0.2, 0) is 6.54 Å². The average molecular weight is 284 g/mol. The highest BCUT2D eigenvalue weighted by atomic mass is 79.9. The first kappa shape index (κ1) is 11.1. The van der Waals surface area contributed by atoms with Gasteiger partial charge in [-0.2, -0.15) is 5.10 Å². The van der Waals surface area contributed by atoms with Gasteiger partial charge in [-0.05, 0) is 19.1 Å². The van der Waals surface area contributed by atoms with E-state index in [9.17, 15) is 4.39 Å². The van der Waals surface area contributed by atoms with E-state index < -0.39 is 0 Å². The lowest BCUT2D eigenvalue weighted by Crippen LogP contribution is -2.07. The molecule has 1 aromatic carbocycles. The molecule has 0 spiro atoms. The highest BCUT2D eigenvalue weighted by molar-refractivity contribution is 9.10. The van der Waals surface area contributed by atoms with Crippen LogP contribution in [0.4, 0.5) is 10.2 Å². The molecule has 0 radical (unpaired) electrons. The Hall–Kier alpha value is -1.36. The monoisotopic (exact) mass is 283 g/mol. The molecule has 16 heavy (non-hydrogen) atoms. The van der Waals surface area contributed by atoms with Crippen LogP contribution in [0.5, 0.6) is 0 Å². The number of nitrogens with zero attached hydrogens (tertiary/aromatic N) is 2. The lowest BCUT2D eigenvalue weighted by Gasteiger charge is -2.06. The summed E-state index contributed by atoms with van der Waals surface area (Å²) < 4.78 is 15.9. The fourth-order valence-corrected chi connectivity index (χ4v) is 1.76. The van der Waals surface area contributed by atoms with Crippen molar-refractivity contribution in [1.29, 1.82) is 0 Å². The van der Waals surface area contributed by atoms with Crippen LogP contribution in [0.1, 0.15) is 11.1 Å². The van der Waals surface area contributed by atoms with Crippen molar-refractivity contribution in [3.8, 4) is 0 Å². The summed E-state index contributed by atoms with van der Waals surface area (Å²) >= 11 is 3.21. The van der Waals surface area contributed by atoms with E-state index in [2.05, 4.69) is 21.0 Å². The van der Waals surface area contributed by atoms with E-state index in [0.717, 1.165) is 10.0 Å². The Morgan fingerprint density at radius 2 is 2.25 bits per heavy atom. The van der Waals surface area contributed by atoms with Gasteiger partial charge in [-0.1, -0.05) is 22.0 Å². The summed E-state index contributed by atoms with van der Waals surface area (Å²) in [7, 11) is 0. The normalized spacial score (nSPS) is 10.7. The predicted molar refractivity (Wildman–Crippen MR) is 64.6 cm³/mol. The maximum absolute atomic E-state index is 13.6. The number of aromatic nitrogens is 2. The molecule has 0 aliphatic heterocycles. The molecule has 2 rings (SSSR count). The lowest BCUT2D eigenvalue weighted by molar-refractivity contribution is 0.587. The molecule has 0 atom stereocenters. The minimum Gasteiger partial charge on any atom is -0.384 e. The van der Waals surface area contributed by atoms with Gasteiger partial charge < -0.3 is 5.73 Å². The Morgan fingerprint density at radius 3 is 2.81 bits per heavy atom. The zero-order valence-electron chi connectivity index (χ0n) is 8.74. The van der Waals surface area contributed by atoms with E-state index >= 15 is 0 Å². The van der Waals surface area contributed by atoms with Crippen LogP contribution < -0.4 is 5.73 Å². The van der Waals surface area contributed by atoms with Gasteiger partial charge in [0.25, 0.3) is 0 Å². The third-order valence-corrected chi connectivity index (χ3v) is 2.90. The highest BCUT2D eigenvalue weighted by Crippen LogP contribution is 2.18. The molecule has 0 saturated carbocycles. The third-order valence-electron chi connectivity index (χ3n) is 2.41. The summed E-state index contributed by atoms with van der Waals surface area (Å²) in [6.07, 6.45) is 1.67. The molecular formula is C11H11BrFN3. The SMILES string of the molecule is Cc1cnn(Cc2ccc(Br)cc2F)c1N. The molecule has 1 heterocycles. The standard InChI is InChI=1S/C11H11BrFN3/c1-7-5-15-16(11(7)14)6-8-2-3-9(12)4-10(8)13/h2-5H,6,14H2,1H3. The van der Waals surface area contributed by atoms with Crippen molar-refractivity contribution in [2.24, 2.45) is 0 Å². The number of hydrogen-bond donors (Lipinski definition) is 1. The van der Waals surface area contributed by atoms with E-state index in [0.29, 0.717) is 17.9 Å². The summed E-state index contributed by atoms with van der Waals surface area (Å²) in [5, 5.41) is 4.09. The number of anilines is 1. The molecular weight excluding hydrogens is 273 g/mol. The minimum atomic E-state index is -0.262. The fraction of sp³-hybridized carbons (Fsp3) is 0.182. The summed E-state index contributed by atoms with van der Waals surface area (Å²) in [5.41, 5.74) is 7.27. The van der Waals surface area contributed by atoms with Crippen molar-refractivity contribution in [3.63, 3.8) is 0 Å². The van der Waals surface area contributed by atoms with Crippen molar-refractivity contribution in [2.75, 3.05) is 5.73 Å². The molecule has 3 nitrogen and oxygen atoms in total. The van der Waals surface area contributed by atoms with Gasteiger partial charge in [0.05, 0.1) is 12.7 Å². The van der Waals surface area contributed by atoms with Crippen LogP contribution in [-0.4, -0.2) is 9.78 Å². The van der Waals surface area contributed by atoms with Crippen molar-refractivity contribution in [2.45, 2.75) is 13.5 Å². The number of benzene rings is 1. The van der Waals surface area contributed by atoms with E-state index in [1.807, 2.05) is 6.92 Å². The van der Waals surface area contributed by atoms with Crippen LogP contribution in [0.15, 0.2) is 28.9 Å². The van der Waals surface area contributed by atoms with Crippen molar-refractivity contribution in [3.05, 3.63) is 45.8 Å². The maximum Gasteiger partial charge on any atom is 0.129 e. The van der Waals surface area contributed by atoms with Crippen LogP contribution in [0.2, 0.25) is 0 Å². The second-order valence-electron chi connectivity index (χ2n) is 3.61. The van der Waals surface area contributed by atoms with E-state index in [1.54, 1.807) is 23.0 Å². The van der Waals surface area contributed by atoms with Gasteiger partial charge >= 0.3 is 0 Å². The van der Waals surface area contributed by atoms with E-state index in [-0.39, 0.29) is 5.82 Å². The Kier molecular flexibility index (Phi) is 2.96. The molecule has 0 aliphatic carbocycles. The number of halogens is 2. The van der Waals surface area contributed by atoms with Crippen LogP contribution in [0, 0.1) is 12.7 Å². The predicted octanol–water partition coefficient (Wildman–Crippen LogP) is 2.72. The number of aryl methyl sites for hydroxylation is 1. The average Bonchev–Trinajstić information content (AvgIpc) is 2.54. The molecule has 1 aromatic heterocycles. The first-order chi connectivity index (χ1) is 7.58. The summed E-state index contributed by atoms with van der Waals surface area (Å²) in [6, 6.07) is 4.95. The Labute approximate surface area is 101 Å². The molecule has 0 bridgehead atoms. The highest BCUT2D eigenvalue weighted by Gasteiger charge is 2.07. The second-order valence-corrected chi connectivity index (χ2v) is 4.52. The summed E-state index contributed by atoms with van der Waals surface area (Å²) in [4.78, 5) is 0. The van der Waals surface area contributed by atoms with E-state index in [4.69, 9.17) is 5.73 Å². The van der Waals surface area contributed by atoms with Crippen LogP contribution >= 0.6 is 15.9 Å². The Morgan fingerprint density at radius 1 is 1.50 bits per heavy atom. The van der Waals surface area contributed by atoms with Gasteiger partial charge in [-0.15, -0.1) is 0 Å². The molecule has 5 heteroatoms. The van der Waals surface area contributed by atoms with Crippen molar-refractivity contribution >= 4 is 21.7 Å². The number of rotatable bonds is 2. The largest absolute Gasteiger partial charge is 0.384 e. The lowest BCUT2D eigenvalue weighted by atomic mass is 10.2. The first-order valence-corrected chi connectivity index (χ1v) is 5.59. The molecule has 0 unspecified atom stereocenters. The molecule has 84 valence electrons. The molecule has 0 amide bonds. The molecule has 2 aromatic rings. The fourth-order valence-electron chi connectivity index (χ4n) is 1.43. The molecule has 2 N–H and O–H groups in total. The van der Waals surface area contributed by atoms with E-state index in [1.165, 1.54) is 6.07 Å². The van der Waals surface area contributed by atoms with Crippen LogP contribution in [0.3, 0.4) is 0 Å². The van der Waals surface area contributed by atoms with Crippen molar-refractivity contribution < 1.29 is 4.39 Å². The topological polar surface area (TPSA) is 43.8 Å². The first-order valence-electron chi connectivity index (χ1n) is 4.79. The van der Waals surface area contributed by atoms with Gasteiger partial charge in [0.1, 0.15) is 11.6 Å². The quantitative estimate of drug-likeness (QED) is 0.921. The van der Waals surface area contributed by atoms with Gasteiger partial charge in [0.2, 0.25) is 0 Å². The van der Waals surface area contributed by atoms with Crippen molar-refractivity contribution in [1.82, 2.24) is 9.78 Å².